The quantitative estimate of drug-likeness (QED) is 0.0964. The van der Waals surface area contributed by atoms with E-state index in [9.17, 15) is 0 Å². The van der Waals surface area contributed by atoms with Crippen LogP contribution >= 0.6 is 0 Å². The van der Waals surface area contributed by atoms with Gasteiger partial charge in [0.05, 0.1) is 22.8 Å². The first-order valence-corrected chi connectivity index (χ1v) is 31.4. The van der Waals surface area contributed by atoms with Gasteiger partial charge in [-0.2, -0.15) is 0 Å². The Bertz CT molecular complexity index is 4880. The van der Waals surface area contributed by atoms with Crippen LogP contribution in [0.5, 0.6) is 92.0 Å². The van der Waals surface area contributed by atoms with Crippen molar-refractivity contribution in [3.63, 3.8) is 0 Å². The van der Waals surface area contributed by atoms with Crippen LogP contribution in [0.4, 0.5) is 0 Å². The summed E-state index contributed by atoms with van der Waals surface area (Å²) in [4.78, 5) is 19.0. The number of ether oxygens (including phenoxy) is 8. The van der Waals surface area contributed by atoms with Gasteiger partial charge in [0.25, 0.3) is 0 Å². The molecule has 8 bridgehead atoms. The fourth-order valence-corrected chi connectivity index (χ4v) is 12.0. The largest absolute Gasteiger partial charge is 0.453 e. The highest BCUT2D eigenvalue weighted by Gasteiger charge is 2.27. The van der Waals surface area contributed by atoms with E-state index < -0.39 is 0 Å². The molecule has 5 heterocycles. The molecule has 2 aliphatic rings. The van der Waals surface area contributed by atoms with E-state index in [2.05, 4.69) is 34.2 Å². The first kappa shape index (κ1) is 56.6. The van der Waals surface area contributed by atoms with Gasteiger partial charge in [0.15, 0.2) is 46.0 Å². The molecule has 12 heteroatoms. The number of H-pyrrole nitrogens is 2. The second-order valence-corrected chi connectivity index (χ2v) is 22.9. The second kappa shape index (κ2) is 24.7. The molecule has 2 aliphatic heterocycles. The predicted molar refractivity (Wildman–Crippen MR) is 377 cm³/mol. The monoisotopic (exact) mass is 1250 g/mol. The Balaban J connectivity index is 0.987. The fraction of sp³-hybridized carbons (Fsp3) is 0. The summed E-state index contributed by atoms with van der Waals surface area (Å²) in [6, 6.07) is 102. The van der Waals surface area contributed by atoms with Gasteiger partial charge in [-0.05, 0) is 170 Å². The minimum Gasteiger partial charge on any atom is -0.453 e. The summed E-state index contributed by atoms with van der Waals surface area (Å²) in [5.74, 6) is 8.96. The van der Waals surface area contributed by atoms with Gasteiger partial charge < -0.3 is 47.9 Å². The van der Waals surface area contributed by atoms with Crippen LogP contribution in [-0.2, 0) is 0 Å². The number of benzene rings is 12. The van der Waals surface area contributed by atoms with Crippen molar-refractivity contribution in [2.45, 2.75) is 0 Å². The lowest BCUT2D eigenvalue weighted by Crippen LogP contribution is -1.92. The minimum absolute atomic E-state index is 0.484. The minimum atomic E-state index is 0.484. The van der Waals surface area contributed by atoms with Crippen LogP contribution < -0.4 is 37.9 Å². The molecular weight excluding hydrogens is 1190 g/mol. The molecule has 15 aromatic rings. The Morgan fingerprint density at radius 2 is 0.333 bits per heavy atom. The molecule has 12 aromatic carbocycles. The molecule has 2 N–H and O–H groups in total. The number of aromatic amines is 2. The smallest absolute Gasteiger partial charge is 0.170 e. The summed E-state index contributed by atoms with van der Waals surface area (Å²) >= 11 is 0. The molecule has 0 fully saturated rings. The lowest BCUT2D eigenvalue weighted by atomic mass is 10.0. The van der Waals surface area contributed by atoms with Gasteiger partial charge in [-0.1, -0.05) is 146 Å². The Labute approximate surface area is 551 Å². The molecule has 12 nitrogen and oxygen atoms in total. The van der Waals surface area contributed by atoms with Crippen LogP contribution in [0, 0.1) is 0 Å². The summed E-state index contributed by atoms with van der Waals surface area (Å²) in [7, 11) is 0. The molecule has 96 heavy (non-hydrogen) atoms. The van der Waals surface area contributed by atoms with Gasteiger partial charge in [0, 0.05) is 65.9 Å². The predicted octanol–water partition coefficient (Wildman–Crippen LogP) is 23.6. The standard InChI is InChI=1S/C84H54N4O8/c1-9-25-53(26-10-1)89-77-41-61-62(42-78(77)90-54-27-11-2-12-28-54)70-50-72-65-45-81(93-57-33-17-5-18-34-57)82(94-58-35-19-6-20-36-58)46-66(65)74(87-72)52-76-68-48-84(96-60-39-23-8-24-40-60)83(95-59-37-21-7-22-38-59)47-67(68)75(88-76)51-73-64-44-80(92-56-31-15-4-16-32-56)79(91-55-29-13-3-14-30-55)43-63(64)71(86-73)49-69(61)85-70/h1-52,85,88H. The summed E-state index contributed by atoms with van der Waals surface area (Å²) < 4.78 is 54.5. The van der Waals surface area contributed by atoms with Gasteiger partial charge in [-0.15, -0.1) is 0 Å². The number of hydrogen-bond acceptors (Lipinski definition) is 10. The number of nitrogens with one attached hydrogen (secondary N) is 2. The third-order valence-electron chi connectivity index (χ3n) is 16.5. The lowest BCUT2D eigenvalue weighted by Gasteiger charge is -2.15. The van der Waals surface area contributed by atoms with E-state index >= 15 is 0 Å². The maximum absolute atomic E-state index is 6.81. The van der Waals surface area contributed by atoms with Crippen LogP contribution in [0.25, 0.3) is 88.6 Å². The Morgan fingerprint density at radius 3 is 0.500 bits per heavy atom. The van der Waals surface area contributed by atoms with Crippen molar-refractivity contribution in [2.75, 3.05) is 0 Å². The Kier molecular flexibility index (Phi) is 14.6. The third kappa shape index (κ3) is 11.5. The van der Waals surface area contributed by atoms with E-state index in [-0.39, 0.29) is 0 Å². The van der Waals surface area contributed by atoms with Gasteiger partial charge >= 0.3 is 0 Å². The highest BCUT2D eigenvalue weighted by Crippen LogP contribution is 2.51. The molecule has 0 spiro atoms. The van der Waals surface area contributed by atoms with Crippen LogP contribution in [-0.4, -0.2) is 19.9 Å². The van der Waals surface area contributed by atoms with Gasteiger partial charge in [0.2, 0.25) is 0 Å². The number of para-hydroxylation sites is 8. The van der Waals surface area contributed by atoms with Crippen molar-refractivity contribution < 1.29 is 37.9 Å². The van der Waals surface area contributed by atoms with Gasteiger partial charge in [-0.3, -0.25) is 0 Å². The molecule has 0 atom stereocenters. The zero-order chi connectivity index (χ0) is 63.7. The first-order valence-electron chi connectivity index (χ1n) is 31.4. The van der Waals surface area contributed by atoms with Crippen LogP contribution in [0.1, 0.15) is 0 Å². The molecule has 17 rings (SSSR count). The van der Waals surface area contributed by atoms with Crippen LogP contribution in [0.2, 0.25) is 0 Å². The summed E-state index contributed by atoms with van der Waals surface area (Å²) in [6.07, 6.45) is 0. The van der Waals surface area contributed by atoms with Gasteiger partial charge in [-0.25, -0.2) is 9.97 Å². The maximum Gasteiger partial charge on any atom is 0.170 e. The molecule has 3 aromatic heterocycles. The summed E-state index contributed by atoms with van der Waals surface area (Å²) in [5, 5.41) is 3.27. The molecule has 0 saturated carbocycles. The third-order valence-corrected chi connectivity index (χ3v) is 16.5. The normalized spacial score (nSPS) is 11.3. The molecule has 0 aliphatic carbocycles. The highest BCUT2D eigenvalue weighted by atomic mass is 16.5. The summed E-state index contributed by atoms with van der Waals surface area (Å²) in [6.45, 7) is 0. The van der Waals surface area contributed by atoms with E-state index in [0.717, 1.165) is 65.9 Å². The van der Waals surface area contributed by atoms with Crippen molar-refractivity contribution >= 4 is 43.6 Å². The van der Waals surface area contributed by atoms with E-state index in [4.69, 9.17) is 47.9 Å². The van der Waals surface area contributed by atoms with Crippen molar-refractivity contribution in [1.29, 1.82) is 0 Å². The van der Waals surface area contributed by atoms with E-state index in [0.29, 0.717) is 115 Å². The van der Waals surface area contributed by atoms with Crippen molar-refractivity contribution in [1.82, 2.24) is 19.9 Å². The molecule has 0 amide bonds. The van der Waals surface area contributed by atoms with Crippen molar-refractivity contribution in [3.05, 3.63) is 315 Å². The van der Waals surface area contributed by atoms with Crippen LogP contribution in [0.3, 0.4) is 0 Å². The number of aromatic nitrogens is 4. The average molecular weight is 1250 g/mol. The topological polar surface area (TPSA) is 131 Å². The van der Waals surface area contributed by atoms with Crippen LogP contribution in [0.15, 0.2) is 315 Å². The highest BCUT2D eigenvalue weighted by molar-refractivity contribution is 6.12. The first-order chi connectivity index (χ1) is 47.5. The molecule has 0 unspecified atom stereocenters. The SMILES string of the molecule is c1ccc(Oc2cc3c(cc2Oc2ccccc2)-c2cc4[nH]c(cc5nc(cc6[nH]c(cc-3n2)c2cc(Oc3ccccc3)c(Oc3ccccc3)cc62)-c2cc(Oc3ccccc3)c(Oc3ccccc3)cc2-5)c2cc(Oc3ccccc3)c(Oc3ccccc3)cc42)cc1. The number of nitrogens with zero attached hydrogens (tertiary/aromatic N) is 2. The van der Waals surface area contributed by atoms with Crippen molar-refractivity contribution in [2.24, 2.45) is 0 Å². The molecule has 0 saturated heterocycles. The van der Waals surface area contributed by atoms with Gasteiger partial charge in [0.1, 0.15) is 46.0 Å². The lowest BCUT2D eigenvalue weighted by molar-refractivity contribution is 0.419. The zero-order valence-corrected chi connectivity index (χ0v) is 51.2. The second-order valence-electron chi connectivity index (χ2n) is 22.9. The molecule has 458 valence electrons. The number of rotatable bonds is 16. The average Bonchev–Trinajstić information content (AvgIpc) is 1.61. The Hall–Kier alpha value is -13.3. The number of hydrogen-bond donors (Lipinski definition) is 2. The van der Waals surface area contributed by atoms with Crippen molar-refractivity contribution in [3.8, 4) is 137 Å². The van der Waals surface area contributed by atoms with E-state index in [1.807, 2.05) is 291 Å². The Morgan fingerprint density at radius 1 is 0.177 bits per heavy atom. The number of fused-ring (bicyclic) bond motifs is 20. The molecular formula is C84H54N4O8. The zero-order valence-electron chi connectivity index (χ0n) is 51.2. The molecule has 0 radical (unpaired) electrons. The fourth-order valence-electron chi connectivity index (χ4n) is 12.0. The van der Waals surface area contributed by atoms with E-state index in [1.54, 1.807) is 0 Å². The van der Waals surface area contributed by atoms with E-state index in [1.165, 1.54) is 0 Å². The maximum atomic E-state index is 6.81. The summed E-state index contributed by atoms with van der Waals surface area (Å²) in [5.41, 5.74) is 8.61.